The fourth-order valence-corrected chi connectivity index (χ4v) is 3.29. The van der Waals surface area contributed by atoms with E-state index >= 15 is 0 Å². The minimum Gasteiger partial charge on any atom is -0.314 e. The third-order valence-electron chi connectivity index (χ3n) is 4.36. The average Bonchev–Trinajstić information content (AvgIpc) is 2.30. The number of piperidine rings is 1. The van der Waals surface area contributed by atoms with Crippen LogP contribution in [0.2, 0.25) is 0 Å². The Kier molecular flexibility index (Phi) is 4.04. The third-order valence-corrected chi connectivity index (χ3v) is 4.36. The van der Waals surface area contributed by atoms with Gasteiger partial charge in [0.05, 0.1) is 0 Å². The molecule has 2 atom stereocenters. The van der Waals surface area contributed by atoms with Crippen LogP contribution in [0.3, 0.4) is 0 Å². The van der Waals surface area contributed by atoms with E-state index in [1.54, 1.807) is 0 Å². The van der Waals surface area contributed by atoms with E-state index in [1.807, 2.05) is 0 Å². The summed E-state index contributed by atoms with van der Waals surface area (Å²) in [5.74, 6) is 0.974. The average molecular weight is 210 g/mol. The molecule has 2 heteroatoms. The lowest BCUT2D eigenvalue weighted by atomic mass is 9.79. The molecule has 88 valence electrons. The maximum Gasteiger partial charge on any atom is 0.0116 e. The topological polar surface area (TPSA) is 15.3 Å². The second kappa shape index (κ2) is 5.31. The van der Waals surface area contributed by atoms with Crippen LogP contribution >= 0.6 is 0 Å². The van der Waals surface area contributed by atoms with Gasteiger partial charge in [0, 0.05) is 12.1 Å². The Morgan fingerprint density at radius 3 is 2.40 bits per heavy atom. The van der Waals surface area contributed by atoms with Gasteiger partial charge in [-0.25, -0.2) is 0 Å². The summed E-state index contributed by atoms with van der Waals surface area (Å²) in [5.41, 5.74) is 0. The molecule has 0 radical (unpaired) electrons. The fourth-order valence-electron chi connectivity index (χ4n) is 3.29. The summed E-state index contributed by atoms with van der Waals surface area (Å²) < 4.78 is 0. The van der Waals surface area contributed by atoms with Gasteiger partial charge >= 0.3 is 0 Å². The predicted octanol–water partition coefficient (Wildman–Crippen LogP) is 2.25. The molecule has 15 heavy (non-hydrogen) atoms. The van der Waals surface area contributed by atoms with Crippen LogP contribution in [0, 0.1) is 5.92 Å². The van der Waals surface area contributed by atoms with Crippen molar-refractivity contribution in [2.24, 2.45) is 5.92 Å². The molecule has 2 fully saturated rings. The zero-order valence-corrected chi connectivity index (χ0v) is 10.3. The molecular formula is C13H26N2. The molecule has 2 aliphatic rings. The first-order valence-electron chi connectivity index (χ1n) is 6.67. The van der Waals surface area contributed by atoms with Gasteiger partial charge in [0.1, 0.15) is 0 Å². The first-order valence-corrected chi connectivity index (χ1v) is 6.67. The standard InChI is InChI=1S/C13H26N2/c1-15(2)12-8-9-14-13(10-12)11-6-4-3-5-7-11/h11-14H,3-10H2,1-2H3. The van der Waals surface area contributed by atoms with Gasteiger partial charge in [-0.15, -0.1) is 0 Å². The number of nitrogens with zero attached hydrogens (tertiary/aromatic N) is 1. The normalized spacial score (nSPS) is 34.6. The van der Waals surface area contributed by atoms with Gasteiger partial charge in [0.2, 0.25) is 0 Å². The first kappa shape index (κ1) is 11.4. The lowest BCUT2D eigenvalue weighted by Crippen LogP contribution is -2.49. The minimum absolute atomic E-state index is 0.812. The van der Waals surface area contributed by atoms with Crippen LogP contribution in [-0.4, -0.2) is 37.6 Å². The van der Waals surface area contributed by atoms with Crippen molar-refractivity contribution in [2.75, 3.05) is 20.6 Å². The number of nitrogens with one attached hydrogen (secondary N) is 1. The zero-order chi connectivity index (χ0) is 10.7. The van der Waals surface area contributed by atoms with Gasteiger partial charge in [0.15, 0.2) is 0 Å². The largest absolute Gasteiger partial charge is 0.314 e. The summed E-state index contributed by atoms with van der Waals surface area (Å²) in [6.45, 7) is 1.23. The number of hydrogen-bond acceptors (Lipinski definition) is 2. The second-order valence-corrected chi connectivity index (χ2v) is 5.60. The van der Waals surface area contributed by atoms with Crippen LogP contribution in [0.15, 0.2) is 0 Å². The van der Waals surface area contributed by atoms with E-state index in [2.05, 4.69) is 24.3 Å². The molecule has 0 aromatic rings. The Bertz CT molecular complexity index is 185. The van der Waals surface area contributed by atoms with Crippen LogP contribution in [0.1, 0.15) is 44.9 Å². The fraction of sp³-hybridized carbons (Fsp3) is 1.00. The zero-order valence-electron chi connectivity index (χ0n) is 10.3. The quantitative estimate of drug-likeness (QED) is 0.752. The third kappa shape index (κ3) is 2.94. The van der Waals surface area contributed by atoms with Crippen molar-refractivity contribution in [3.63, 3.8) is 0 Å². The van der Waals surface area contributed by atoms with Crippen molar-refractivity contribution in [1.82, 2.24) is 10.2 Å². The Hall–Kier alpha value is -0.0800. The van der Waals surface area contributed by atoms with Crippen molar-refractivity contribution in [3.05, 3.63) is 0 Å². The van der Waals surface area contributed by atoms with Crippen molar-refractivity contribution < 1.29 is 0 Å². The maximum atomic E-state index is 3.75. The second-order valence-electron chi connectivity index (χ2n) is 5.60. The smallest absolute Gasteiger partial charge is 0.0116 e. The Labute approximate surface area is 94.4 Å². The van der Waals surface area contributed by atoms with E-state index in [-0.39, 0.29) is 0 Å². The molecule has 1 aliphatic heterocycles. The van der Waals surface area contributed by atoms with E-state index < -0.39 is 0 Å². The number of hydrogen-bond donors (Lipinski definition) is 1. The molecule has 2 rings (SSSR count). The SMILES string of the molecule is CN(C)C1CCNC(C2CCCCC2)C1. The van der Waals surface area contributed by atoms with Crippen LogP contribution < -0.4 is 5.32 Å². The van der Waals surface area contributed by atoms with Crippen LogP contribution in [-0.2, 0) is 0 Å². The molecule has 1 saturated carbocycles. The lowest BCUT2D eigenvalue weighted by molar-refractivity contribution is 0.157. The molecule has 2 unspecified atom stereocenters. The molecule has 0 aromatic heterocycles. The summed E-state index contributed by atoms with van der Waals surface area (Å²) in [6, 6.07) is 1.63. The Morgan fingerprint density at radius 2 is 1.73 bits per heavy atom. The summed E-state index contributed by atoms with van der Waals surface area (Å²) in [7, 11) is 4.46. The van der Waals surface area contributed by atoms with E-state index in [1.165, 1.54) is 51.5 Å². The monoisotopic (exact) mass is 210 g/mol. The summed E-state index contributed by atoms with van der Waals surface area (Å²) >= 11 is 0. The molecule has 2 nitrogen and oxygen atoms in total. The van der Waals surface area contributed by atoms with E-state index in [9.17, 15) is 0 Å². The Balaban J connectivity index is 1.85. The molecule has 1 saturated heterocycles. The molecule has 1 aliphatic carbocycles. The summed E-state index contributed by atoms with van der Waals surface area (Å²) in [5, 5.41) is 3.75. The van der Waals surface area contributed by atoms with E-state index in [4.69, 9.17) is 0 Å². The van der Waals surface area contributed by atoms with Gasteiger partial charge in [-0.2, -0.15) is 0 Å². The molecule has 0 amide bonds. The molecule has 1 heterocycles. The summed E-state index contributed by atoms with van der Waals surface area (Å²) in [6.07, 6.45) is 10.1. The Morgan fingerprint density at radius 1 is 1.00 bits per heavy atom. The van der Waals surface area contributed by atoms with E-state index in [0.717, 1.165) is 18.0 Å². The van der Waals surface area contributed by atoms with Crippen LogP contribution in [0.5, 0.6) is 0 Å². The van der Waals surface area contributed by atoms with Crippen LogP contribution in [0.4, 0.5) is 0 Å². The maximum absolute atomic E-state index is 3.75. The highest BCUT2D eigenvalue weighted by atomic mass is 15.1. The van der Waals surface area contributed by atoms with E-state index in [0.29, 0.717) is 0 Å². The molecule has 1 N–H and O–H groups in total. The van der Waals surface area contributed by atoms with Crippen LogP contribution in [0.25, 0.3) is 0 Å². The van der Waals surface area contributed by atoms with Crippen molar-refractivity contribution in [1.29, 1.82) is 0 Å². The van der Waals surface area contributed by atoms with Gasteiger partial charge in [-0.3, -0.25) is 0 Å². The first-order chi connectivity index (χ1) is 7.27. The van der Waals surface area contributed by atoms with Gasteiger partial charge in [0.25, 0.3) is 0 Å². The van der Waals surface area contributed by atoms with Gasteiger partial charge < -0.3 is 10.2 Å². The van der Waals surface area contributed by atoms with Gasteiger partial charge in [-0.05, 0) is 52.2 Å². The highest BCUT2D eigenvalue weighted by molar-refractivity contribution is 4.87. The van der Waals surface area contributed by atoms with Gasteiger partial charge in [-0.1, -0.05) is 19.3 Å². The molecule has 0 bridgehead atoms. The summed E-state index contributed by atoms with van der Waals surface area (Å²) in [4.78, 5) is 2.41. The molecular weight excluding hydrogens is 184 g/mol. The number of rotatable bonds is 2. The molecule has 0 spiro atoms. The highest BCUT2D eigenvalue weighted by Gasteiger charge is 2.29. The van der Waals surface area contributed by atoms with Crippen molar-refractivity contribution in [3.8, 4) is 0 Å². The predicted molar refractivity (Wildman–Crippen MR) is 65.1 cm³/mol. The van der Waals surface area contributed by atoms with Crippen molar-refractivity contribution >= 4 is 0 Å². The van der Waals surface area contributed by atoms with Crippen molar-refractivity contribution in [2.45, 2.75) is 57.0 Å². The highest BCUT2D eigenvalue weighted by Crippen LogP contribution is 2.30. The minimum atomic E-state index is 0.812. The lowest BCUT2D eigenvalue weighted by Gasteiger charge is -2.39. The molecule has 0 aromatic carbocycles.